The molecular formula is C16H20ClN3O4S. The Morgan fingerprint density at radius 1 is 1.04 bits per heavy atom. The minimum absolute atomic E-state index is 0.0525. The number of urea groups is 1. The van der Waals surface area contributed by atoms with Gasteiger partial charge in [-0.05, 0) is 30.7 Å². The van der Waals surface area contributed by atoms with Gasteiger partial charge in [0, 0.05) is 36.9 Å². The summed E-state index contributed by atoms with van der Waals surface area (Å²) in [5.41, 5.74) is 0.657. The first-order chi connectivity index (χ1) is 11.8. The van der Waals surface area contributed by atoms with Crippen LogP contribution in [0.3, 0.4) is 0 Å². The van der Waals surface area contributed by atoms with E-state index in [4.69, 9.17) is 11.6 Å². The first kappa shape index (κ1) is 18.0. The molecule has 2 aliphatic rings. The Hall–Kier alpha value is -1.80. The Bertz CT molecular complexity index is 758. The van der Waals surface area contributed by atoms with Crippen LogP contribution in [0.4, 0.5) is 10.5 Å². The maximum atomic E-state index is 12.4. The van der Waals surface area contributed by atoms with Crippen molar-refractivity contribution in [2.45, 2.75) is 6.42 Å². The standard InChI is InChI=1S/C16H20ClN3O4S/c17-13-1-3-14(4-2-13)18-16(22)20-8-6-19(7-9-20)15(21)12-5-10-25(23,24)11-12/h1-4,12H,5-11H2,(H,18,22)/t12-/m1/s1. The van der Waals surface area contributed by atoms with Gasteiger partial charge in [-0.3, -0.25) is 4.79 Å². The number of nitrogens with zero attached hydrogens (tertiary/aromatic N) is 2. The summed E-state index contributed by atoms with van der Waals surface area (Å²) in [5.74, 6) is -0.506. The molecule has 1 aromatic carbocycles. The minimum atomic E-state index is -3.07. The summed E-state index contributed by atoms with van der Waals surface area (Å²) in [7, 11) is -3.07. The second kappa shape index (κ2) is 7.21. The summed E-state index contributed by atoms with van der Waals surface area (Å²) in [6, 6.07) is 6.62. The predicted molar refractivity (Wildman–Crippen MR) is 95.4 cm³/mol. The summed E-state index contributed by atoms with van der Waals surface area (Å²) in [6.07, 6.45) is 0.401. The Morgan fingerprint density at radius 3 is 2.20 bits per heavy atom. The number of halogens is 1. The summed E-state index contributed by atoms with van der Waals surface area (Å²) in [6.45, 7) is 1.68. The molecule has 0 aliphatic carbocycles. The summed E-state index contributed by atoms with van der Waals surface area (Å²) in [4.78, 5) is 28.0. The lowest BCUT2D eigenvalue weighted by Crippen LogP contribution is -2.53. The highest BCUT2D eigenvalue weighted by molar-refractivity contribution is 7.91. The highest BCUT2D eigenvalue weighted by atomic mass is 35.5. The van der Waals surface area contributed by atoms with Gasteiger partial charge in [0.25, 0.3) is 0 Å². The van der Waals surface area contributed by atoms with Gasteiger partial charge < -0.3 is 15.1 Å². The zero-order valence-corrected chi connectivity index (χ0v) is 15.2. The third-order valence-electron chi connectivity index (χ3n) is 4.56. The average molecular weight is 386 g/mol. The fourth-order valence-electron chi connectivity index (χ4n) is 3.11. The van der Waals surface area contributed by atoms with E-state index < -0.39 is 15.8 Å². The van der Waals surface area contributed by atoms with Gasteiger partial charge in [0.05, 0.1) is 17.4 Å². The molecule has 7 nitrogen and oxygen atoms in total. The molecule has 2 heterocycles. The van der Waals surface area contributed by atoms with Crippen LogP contribution in [0.2, 0.25) is 5.02 Å². The SMILES string of the molecule is O=C(Nc1ccc(Cl)cc1)N1CCN(C(=O)[C@@H]2CCS(=O)(=O)C2)CC1. The number of benzene rings is 1. The largest absolute Gasteiger partial charge is 0.339 e. The van der Waals surface area contributed by atoms with Crippen molar-refractivity contribution < 1.29 is 18.0 Å². The second-order valence-electron chi connectivity index (χ2n) is 6.35. The molecule has 2 aliphatic heterocycles. The van der Waals surface area contributed by atoms with Crippen molar-refractivity contribution in [1.29, 1.82) is 0 Å². The molecule has 2 fully saturated rings. The van der Waals surface area contributed by atoms with E-state index in [1.807, 2.05) is 0 Å². The quantitative estimate of drug-likeness (QED) is 0.834. The lowest BCUT2D eigenvalue weighted by Gasteiger charge is -2.35. The molecule has 3 rings (SSSR count). The third-order valence-corrected chi connectivity index (χ3v) is 6.58. The molecule has 9 heteroatoms. The van der Waals surface area contributed by atoms with Gasteiger partial charge in [-0.2, -0.15) is 0 Å². The van der Waals surface area contributed by atoms with Crippen LogP contribution in [-0.4, -0.2) is 67.8 Å². The first-order valence-electron chi connectivity index (χ1n) is 8.15. The van der Waals surface area contributed by atoms with Gasteiger partial charge in [-0.15, -0.1) is 0 Å². The van der Waals surface area contributed by atoms with Crippen LogP contribution in [0, 0.1) is 5.92 Å². The molecule has 1 atom stereocenters. The number of anilines is 1. The highest BCUT2D eigenvalue weighted by Crippen LogP contribution is 2.21. The number of hydrogen-bond donors (Lipinski definition) is 1. The number of rotatable bonds is 2. The van der Waals surface area contributed by atoms with Crippen LogP contribution >= 0.6 is 11.6 Å². The third kappa shape index (κ3) is 4.43. The summed E-state index contributed by atoms with van der Waals surface area (Å²) >= 11 is 5.82. The fourth-order valence-corrected chi connectivity index (χ4v) is 4.97. The molecule has 0 spiro atoms. The molecule has 0 aromatic heterocycles. The van der Waals surface area contributed by atoms with Crippen molar-refractivity contribution in [3.8, 4) is 0 Å². The molecule has 0 saturated carbocycles. The maximum Gasteiger partial charge on any atom is 0.321 e. The topological polar surface area (TPSA) is 86.8 Å². The monoisotopic (exact) mass is 385 g/mol. The Kier molecular flexibility index (Phi) is 5.19. The number of sulfone groups is 1. The van der Waals surface area contributed by atoms with Crippen LogP contribution in [-0.2, 0) is 14.6 Å². The van der Waals surface area contributed by atoms with Gasteiger partial charge in [-0.1, -0.05) is 11.6 Å². The minimum Gasteiger partial charge on any atom is -0.339 e. The van der Waals surface area contributed by atoms with Crippen molar-refractivity contribution in [3.05, 3.63) is 29.3 Å². The normalized spacial score (nSPS) is 22.7. The Labute approximate surface area is 151 Å². The smallest absolute Gasteiger partial charge is 0.321 e. The molecule has 136 valence electrons. The van der Waals surface area contributed by atoms with Crippen LogP contribution in [0.25, 0.3) is 0 Å². The van der Waals surface area contributed by atoms with Crippen LogP contribution < -0.4 is 5.32 Å². The number of nitrogens with one attached hydrogen (secondary N) is 1. The number of carbonyl (C=O) groups is 2. The number of hydrogen-bond acceptors (Lipinski definition) is 4. The zero-order chi connectivity index (χ0) is 18.0. The van der Waals surface area contributed by atoms with Gasteiger partial charge in [0.2, 0.25) is 5.91 Å². The molecule has 2 saturated heterocycles. The van der Waals surface area contributed by atoms with E-state index >= 15 is 0 Å². The van der Waals surface area contributed by atoms with E-state index in [0.29, 0.717) is 43.3 Å². The van der Waals surface area contributed by atoms with Crippen LogP contribution in [0.5, 0.6) is 0 Å². The van der Waals surface area contributed by atoms with Gasteiger partial charge in [0.1, 0.15) is 0 Å². The number of amides is 3. The van der Waals surface area contributed by atoms with Crippen molar-refractivity contribution >= 4 is 39.1 Å². The Balaban J connectivity index is 1.50. The van der Waals surface area contributed by atoms with Gasteiger partial charge in [-0.25, -0.2) is 13.2 Å². The molecule has 1 aromatic rings. The van der Waals surface area contributed by atoms with E-state index in [0.717, 1.165) is 0 Å². The second-order valence-corrected chi connectivity index (χ2v) is 9.01. The number of carbonyl (C=O) groups excluding carboxylic acids is 2. The summed E-state index contributed by atoms with van der Waals surface area (Å²) < 4.78 is 23.0. The van der Waals surface area contributed by atoms with E-state index in [2.05, 4.69) is 5.32 Å². The van der Waals surface area contributed by atoms with Gasteiger partial charge in [0.15, 0.2) is 9.84 Å². The molecule has 3 amide bonds. The molecular weight excluding hydrogens is 366 g/mol. The zero-order valence-electron chi connectivity index (χ0n) is 13.7. The van der Waals surface area contributed by atoms with Crippen molar-refractivity contribution in [1.82, 2.24) is 9.80 Å². The highest BCUT2D eigenvalue weighted by Gasteiger charge is 2.36. The molecule has 0 radical (unpaired) electrons. The Morgan fingerprint density at radius 2 is 1.64 bits per heavy atom. The van der Waals surface area contributed by atoms with E-state index in [1.165, 1.54) is 0 Å². The molecule has 0 bridgehead atoms. The summed E-state index contributed by atoms with van der Waals surface area (Å²) in [5, 5.41) is 3.39. The van der Waals surface area contributed by atoms with Crippen molar-refractivity contribution in [3.63, 3.8) is 0 Å². The molecule has 1 N–H and O–H groups in total. The fraction of sp³-hybridized carbons (Fsp3) is 0.500. The van der Waals surface area contributed by atoms with Crippen molar-refractivity contribution in [2.75, 3.05) is 43.0 Å². The first-order valence-corrected chi connectivity index (χ1v) is 10.3. The molecule has 25 heavy (non-hydrogen) atoms. The van der Waals surface area contributed by atoms with E-state index in [9.17, 15) is 18.0 Å². The van der Waals surface area contributed by atoms with E-state index in [1.54, 1.807) is 34.1 Å². The maximum absolute atomic E-state index is 12.4. The average Bonchev–Trinajstić information content (AvgIpc) is 2.96. The predicted octanol–water partition coefficient (Wildman–Crippen LogP) is 1.45. The van der Waals surface area contributed by atoms with Crippen LogP contribution in [0.1, 0.15) is 6.42 Å². The number of piperazine rings is 1. The van der Waals surface area contributed by atoms with E-state index in [-0.39, 0.29) is 23.4 Å². The lowest BCUT2D eigenvalue weighted by atomic mass is 10.1. The van der Waals surface area contributed by atoms with Crippen LogP contribution in [0.15, 0.2) is 24.3 Å². The molecule has 0 unspecified atom stereocenters. The van der Waals surface area contributed by atoms with Gasteiger partial charge >= 0.3 is 6.03 Å². The lowest BCUT2D eigenvalue weighted by molar-refractivity contribution is -0.136. The van der Waals surface area contributed by atoms with Crippen molar-refractivity contribution in [2.24, 2.45) is 5.92 Å².